The molecule has 2 aromatic rings. The Morgan fingerprint density at radius 2 is 1.85 bits per heavy atom. The Hall–Kier alpha value is -2.29. The lowest BCUT2D eigenvalue weighted by atomic mass is 9.68. The van der Waals surface area contributed by atoms with Crippen molar-refractivity contribution in [2.75, 3.05) is 18.0 Å². The molecule has 39 heavy (non-hydrogen) atoms. The van der Waals surface area contributed by atoms with Gasteiger partial charge in [0.2, 0.25) is 10.0 Å². The molecule has 3 atom stereocenters. The summed E-state index contributed by atoms with van der Waals surface area (Å²) in [6, 6.07) is 11.1. The number of aliphatic hydroxyl groups excluding tert-OH is 1. The van der Waals surface area contributed by atoms with Crippen LogP contribution in [0.25, 0.3) is 0 Å². The van der Waals surface area contributed by atoms with Crippen LogP contribution in [0.5, 0.6) is 5.75 Å². The second-order valence-electron chi connectivity index (χ2n) is 11.9. The van der Waals surface area contributed by atoms with Gasteiger partial charge in [-0.1, -0.05) is 17.7 Å². The zero-order valence-electron chi connectivity index (χ0n) is 22.1. The van der Waals surface area contributed by atoms with E-state index in [1.807, 2.05) is 18.2 Å². The number of sulfonamides is 1. The fourth-order valence-electron chi connectivity index (χ4n) is 6.75. The third-order valence-corrected chi connectivity index (χ3v) is 11.4. The number of rotatable bonds is 0. The molecule has 2 saturated carbocycles. The van der Waals surface area contributed by atoms with Crippen molar-refractivity contribution in [2.45, 2.75) is 75.7 Å². The molecular formula is C30H37ClN2O5S. The number of ether oxygens (including phenoxy) is 1. The number of carbonyl (C=O) groups excluding carboxylic acids is 1. The summed E-state index contributed by atoms with van der Waals surface area (Å²) >= 11 is 6.29. The van der Waals surface area contributed by atoms with Crippen molar-refractivity contribution in [3.8, 4) is 5.75 Å². The summed E-state index contributed by atoms with van der Waals surface area (Å²) in [6.45, 7) is 1.92. The van der Waals surface area contributed by atoms with Crippen LogP contribution in [0.1, 0.15) is 72.9 Å². The number of hydrogen-bond donors (Lipinski definition) is 2. The fraction of sp³-hybridized carbons (Fsp3) is 0.567. The lowest BCUT2D eigenvalue weighted by Gasteiger charge is -2.44. The molecule has 0 spiro atoms. The summed E-state index contributed by atoms with van der Waals surface area (Å²) in [5, 5.41) is 11.2. The van der Waals surface area contributed by atoms with E-state index in [9.17, 15) is 18.3 Å². The van der Waals surface area contributed by atoms with Gasteiger partial charge in [0.05, 0.1) is 17.0 Å². The first kappa shape index (κ1) is 26.9. The van der Waals surface area contributed by atoms with Gasteiger partial charge in [-0.25, -0.2) is 13.1 Å². The van der Waals surface area contributed by atoms with Crippen molar-refractivity contribution in [1.82, 2.24) is 4.72 Å². The molecule has 210 valence electrons. The van der Waals surface area contributed by atoms with Crippen molar-refractivity contribution in [3.05, 3.63) is 58.1 Å². The monoisotopic (exact) mass is 572 g/mol. The van der Waals surface area contributed by atoms with Crippen molar-refractivity contribution >= 4 is 33.2 Å². The Kier molecular flexibility index (Phi) is 7.55. The molecule has 0 saturated heterocycles. The van der Waals surface area contributed by atoms with Crippen LogP contribution in [0, 0.1) is 17.8 Å². The van der Waals surface area contributed by atoms with Gasteiger partial charge in [-0.2, -0.15) is 0 Å². The van der Waals surface area contributed by atoms with Gasteiger partial charge in [0.15, 0.2) is 0 Å². The van der Waals surface area contributed by atoms with Crippen LogP contribution < -0.4 is 14.4 Å². The Bertz CT molecular complexity index is 1340. The van der Waals surface area contributed by atoms with E-state index in [4.69, 9.17) is 16.3 Å². The van der Waals surface area contributed by atoms with Gasteiger partial charge in [0.25, 0.3) is 5.91 Å². The van der Waals surface area contributed by atoms with Crippen LogP contribution in [0.3, 0.4) is 0 Å². The summed E-state index contributed by atoms with van der Waals surface area (Å²) in [5.74, 6) is 0.971. The highest BCUT2D eigenvalue weighted by Crippen LogP contribution is 2.43. The van der Waals surface area contributed by atoms with Gasteiger partial charge < -0.3 is 14.7 Å². The van der Waals surface area contributed by atoms with Crippen LogP contribution in [0.4, 0.5) is 5.69 Å². The first-order valence-corrected chi connectivity index (χ1v) is 16.2. The Labute approximate surface area is 235 Å². The highest BCUT2D eigenvalue weighted by atomic mass is 35.5. The van der Waals surface area contributed by atoms with E-state index in [1.165, 1.54) is 5.56 Å². The lowest BCUT2D eigenvalue weighted by molar-refractivity contribution is 0.00508. The van der Waals surface area contributed by atoms with Gasteiger partial charge >= 0.3 is 0 Å². The molecule has 4 bridgehead atoms. The predicted molar refractivity (Wildman–Crippen MR) is 152 cm³/mol. The van der Waals surface area contributed by atoms with E-state index in [0.717, 1.165) is 62.9 Å². The molecule has 7 rings (SSSR count). The second-order valence-corrected chi connectivity index (χ2v) is 14.3. The largest absolute Gasteiger partial charge is 0.487 e. The summed E-state index contributed by atoms with van der Waals surface area (Å²) in [7, 11) is -3.76. The maximum atomic E-state index is 13.2. The normalized spacial score (nSPS) is 30.7. The zero-order valence-corrected chi connectivity index (χ0v) is 23.7. The van der Waals surface area contributed by atoms with Gasteiger partial charge in [0.1, 0.15) is 12.4 Å². The number of fused-ring (bicyclic) bond motifs is 5. The first-order valence-electron chi connectivity index (χ1n) is 14.3. The minimum atomic E-state index is -3.76. The average Bonchev–Trinajstić information content (AvgIpc) is 2.87. The molecule has 2 aliphatic carbocycles. The molecule has 2 aromatic carbocycles. The number of halogens is 1. The number of aliphatic hydroxyl groups is 1. The minimum absolute atomic E-state index is 0.248. The topological polar surface area (TPSA) is 95.9 Å². The number of aryl methyl sites for hydroxylation is 1. The number of carbonyl (C=O) groups is 1. The SMILES string of the molecule is O=C1NS(=O)(=O)C2CC(CC[C@H](O)[C@@H]3CC[C@H]3CN3CCCCc4cc(Cl)ccc4COc4ccc1cc43)C2. The van der Waals surface area contributed by atoms with E-state index in [1.54, 1.807) is 18.2 Å². The van der Waals surface area contributed by atoms with E-state index in [-0.39, 0.29) is 17.9 Å². The second kappa shape index (κ2) is 10.9. The van der Waals surface area contributed by atoms with E-state index in [2.05, 4.69) is 9.62 Å². The van der Waals surface area contributed by atoms with Crippen LogP contribution in [0.15, 0.2) is 36.4 Å². The number of hydrogen-bond acceptors (Lipinski definition) is 6. The summed E-state index contributed by atoms with van der Waals surface area (Å²) in [4.78, 5) is 15.5. The summed E-state index contributed by atoms with van der Waals surface area (Å²) in [5.41, 5.74) is 3.38. The van der Waals surface area contributed by atoms with Crippen LogP contribution >= 0.6 is 11.6 Å². The highest BCUT2D eigenvalue weighted by Gasteiger charge is 2.42. The maximum absolute atomic E-state index is 13.2. The molecule has 2 fully saturated rings. The van der Waals surface area contributed by atoms with Gasteiger partial charge in [-0.05, 0) is 117 Å². The van der Waals surface area contributed by atoms with Gasteiger partial charge in [-0.3, -0.25) is 4.79 Å². The van der Waals surface area contributed by atoms with Crippen LogP contribution in [-0.2, 0) is 23.1 Å². The Balaban J connectivity index is 1.36. The molecule has 7 nitrogen and oxygen atoms in total. The Morgan fingerprint density at radius 1 is 1.00 bits per heavy atom. The molecule has 2 N–H and O–H groups in total. The molecule has 0 radical (unpaired) electrons. The molecule has 0 unspecified atom stereocenters. The Morgan fingerprint density at radius 3 is 2.64 bits per heavy atom. The number of benzene rings is 2. The highest BCUT2D eigenvalue weighted by molar-refractivity contribution is 7.90. The predicted octanol–water partition coefficient (Wildman–Crippen LogP) is 5.08. The summed E-state index contributed by atoms with van der Waals surface area (Å²) < 4.78 is 34.6. The summed E-state index contributed by atoms with van der Waals surface area (Å²) in [6.07, 6.45) is 7.18. The number of nitrogens with one attached hydrogen (secondary N) is 1. The third kappa shape index (κ3) is 5.66. The minimum Gasteiger partial charge on any atom is -0.487 e. The smallest absolute Gasteiger partial charge is 0.264 e. The van der Waals surface area contributed by atoms with E-state index >= 15 is 0 Å². The average molecular weight is 573 g/mol. The van der Waals surface area contributed by atoms with E-state index < -0.39 is 21.2 Å². The molecule has 9 heteroatoms. The van der Waals surface area contributed by atoms with Crippen LogP contribution in [-0.4, -0.2) is 43.9 Å². The molecular weight excluding hydrogens is 536 g/mol. The van der Waals surface area contributed by atoms with Gasteiger partial charge in [-0.15, -0.1) is 0 Å². The van der Waals surface area contributed by atoms with Crippen molar-refractivity contribution in [3.63, 3.8) is 0 Å². The maximum Gasteiger partial charge on any atom is 0.264 e. The van der Waals surface area contributed by atoms with E-state index in [0.29, 0.717) is 48.1 Å². The number of amides is 1. The zero-order chi connectivity index (χ0) is 27.1. The van der Waals surface area contributed by atoms with Crippen molar-refractivity contribution in [2.24, 2.45) is 17.8 Å². The van der Waals surface area contributed by atoms with Gasteiger partial charge in [0, 0.05) is 23.7 Å². The first-order chi connectivity index (χ1) is 18.8. The lowest BCUT2D eigenvalue weighted by Crippen LogP contribution is -2.46. The van der Waals surface area contributed by atoms with Crippen LogP contribution in [0.2, 0.25) is 5.02 Å². The fourth-order valence-corrected chi connectivity index (χ4v) is 8.53. The molecule has 0 aromatic heterocycles. The standard InChI is InChI=1S/C30H37ClN2O5S/c31-24-8-5-23-18-38-29-11-7-21-16-27(29)33(12-2-1-3-20(23)15-24)17-22-6-9-26(22)28(34)10-4-19-13-25(14-19)39(36,37)32-30(21)35/h5,7-8,11,15-16,19,22,25-26,28,34H,1-4,6,9-10,12-14,17-18H2,(H,32,35)/t19?,22-,25?,26+,28-/m0/s1. The number of nitrogens with zero attached hydrogens (tertiary/aromatic N) is 1. The van der Waals surface area contributed by atoms with Crippen molar-refractivity contribution in [1.29, 1.82) is 0 Å². The molecule has 1 amide bonds. The molecule has 3 aliphatic heterocycles. The molecule has 3 heterocycles. The quantitative estimate of drug-likeness (QED) is 0.457. The van der Waals surface area contributed by atoms with Crippen molar-refractivity contribution < 1.29 is 23.1 Å². The molecule has 5 aliphatic rings. The number of anilines is 1. The third-order valence-electron chi connectivity index (χ3n) is 9.40.